The van der Waals surface area contributed by atoms with Crippen molar-refractivity contribution >= 4 is 5.91 Å². The maximum atomic E-state index is 11.3. The minimum absolute atomic E-state index is 0.0980. The number of carbonyl (C=O) groups is 1. The molecule has 0 aliphatic carbocycles. The van der Waals surface area contributed by atoms with Crippen LogP contribution in [0.4, 0.5) is 0 Å². The summed E-state index contributed by atoms with van der Waals surface area (Å²) in [4.78, 5) is 12.9. The van der Waals surface area contributed by atoms with Crippen LogP contribution in [0.1, 0.15) is 10.6 Å². The van der Waals surface area contributed by atoms with Gasteiger partial charge in [0, 0.05) is 19.1 Å². The summed E-state index contributed by atoms with van der Waals surface area (Å²) >= 11 is 0. The van der Waals surface area contributed by atoms with Crippen LogP contribution in [0.5, 0.6) is 0 Å². The number of H-pyrrole nitrogens is 1. The number of carbonyl (C=O) groups excluding carboxylic acids is 1. The van der Waals surface area contributed by atoms with Crippen LogP contribution in [0, 0.1) is 0 Å². The van der Waals surface area contributed by atoms with E-state index < -0.39 is 0 Å². The first-order valence-corrected chi connectivity index (χ1v) is 3.55. The summed E-state index contributed by atoms with van der Waals surface area (Å²) < 4.78 is 0. The van der Waals surface area contributed by atoms with E-state index in [2.05, 4.69) is 20.6 Å². The van der Waals surface area contributed by atoms with Gasteiger partial charge in [0.05, 0.1) is 0 Å². The van der Waals surface area contributed by atoms with Crippen molar-refractivity contribution in [2.75, 3.05) is 13.1 Å². The first-order valence-electron chi connectivity index (χ1n) is 3.55. The van der Waals surface area contributed by atoms with Gasteiger partial charge in [-0.15, -0.1) is 10.2 Å². The van der Waals surface area contributed by atoms with Crippen molar-refractivity contribution in [3.63, 3.8) is 0 Å². The fourth-order valence-electron chi connectivity index (χ4n) is 1.07. The minimum Gasteiger partial charge on any atom is -0.333 e. The summed E-state index contributed by atoms with van der Waals surface area (Å²) in [5.41, 5.74) is 5.50. The van der Waals surface area contributed by atoms with Gasteiger partial charge in [0.25, 0.3) is 11.7 Å². The molecule has 3 N–H and O–H groups in total. The van der Waals surface area contributed by atoms with Gasteiger partial charge in [0.1, 0.15) is 0 Å². The summed E-state index contributed by atoms with van der Waals surface area (Å²) in [6.45, 7) is 1.15. The highest BCUT2D eigenvalue weighted by Crippen LogP contribution is 2.07. The van der Waals surface area contributed by atoms with Crippen molar-refractivity contribution in [2.45, 2.75) is 6.04 Å². The topological polar surface area (TPSA) is 101 Å². The normalized spacial score (nSPS) is 17.6. The second-order valence-corrected chi connectivity index (χ2v) is 2.71. The number of aromatic nitrogens is 4. The Balaban J connectivity index is 2.03. The lowest BCUT2D eigenvalue weighted by Crippen LogP contribution is -2.58. The van der Waals surface area contributed by atoms with Crippen LogP contribution in [-0.2, 0) is 0 Å². The summed E-state index contributed by atoms with van der Waals surface area (Å²) in [6.07, 6.45) is 0. The molecule has 2 rings (SSSR count). The average molecular weight is 168 g/mol. The summed E-state index contributed by atoms with van der Waals surface area (Å²) in [6, 6.07) is 0.0980. The molecular formula is C5H8N6O. The Kier molecular flexibility index (Phi) is 1.51. The van der Waals surface area contributed by atoms with Crippen LogP contribution in [0.25, 0.3) is 0 Å². The van der Waals surface area contributed by atoms with Crippen LogP contribution < -0.4 is 5.73 Å². The highest BCUT2D eigenvalue weighted by atomic mass is 16.2. The standard InChI is InChI=1S/C5H8N6O/c6-3-1-11(2-3)5(12)4-7-9-10-8-4/h3H,1-2,6H2,(H,7,8,9,10). The molecule has 0 aromatic carbocycles. The highest BCUT2D eigenvalue weighted by Gasteiger charge is 2.30. The summed E-state index contributed by atoms with van der Waals surface area (Å²) in [5, 5.41) is 12.6. The van der Waals surface area contributed by atoms with Gasteiger partial charge < -0.3 is 10.6 Å². The van der Waals surface area contributed by atoms with Gasteiger partial charge in [-0.1, -0.05) is 0 Å². The average Bonchev–Trinajstić information content (AvgIpc) is 2.49. The molecule has 1 aliphatic rings. The third kappa shape index (κ3) is 1.03. The highest BCUT2D eigenvalue weighted by molar-refractivity contribution is 5.90. The lowest BCUT2D eigenvalue weighted by atomic mass is 10.1. The molecule has 1 amide bonds. The number of hydrogen-bond donors (Lipinski definition) is 2. The number of aromatic amines is 1. The number of amides is 1. The number of nitrogens with two attached hydrogens (primary N) is 1. The van der Waals surface area contributed by atoms with Crippen molar-refractivity contribution in [3.8, 4) is 0 Å². The van der Waals surface area contributed by atoms with Crippen molar-refractivity contribution in [2.24, 2.45) is 5.73 Å². The Morgan fingerprint density at radius 2 is 2.42 bits per heavy atom. The van der Waals surface area contributed by atoms with Crippen LogP contribution in [0.3, 0.4) is 0 Å². The van der Waals surface area contributed by atoms with Crippen molar-refractivity contribution in [3.05, 3.63) is 5.82 Å². The fourth-order valence-corrected chi connectivity index (χ4v) is 1.07. The van der Waals surface area contributed by atoms with Crippen LogP contribution in [-0.4, -0.2) is 50.6 Å². The fraction of sp³-hybridized carbons (Fsp3) is 0.600. The molecule has 0 bridgehead atoms. The zero-order valence-corrected chi connectivity index (χ0v) is 6.27. The Hall–Kier alpha value is -1.50. The van der Waals surface area contributed by atoms with E-state index in [-0.39, 0.29) is 17.8 Å². The molecule has 1 aromatic rings. The Bertz CT molecular complexity index is 276. The molecule has 2 heterocycles. The molecule has 0 spiro atoms. The van der Waals surface area contributed by atoms with Gasteiger partial charge in [-0.3, -0.25) is 4.79 Å². The molecule has 7 nitrogen and oxygen atoms in total. The zero-order chi connectivity index (χ0) is 8.55. The van der Waals surface area contributed by atoms with E-state index in [9.17, 15) is 4.79 Å². The quantitative estimate of drug-likeness (QED) is 0.504. The molecule has 7 heteroatoms. The number of hydrogen-bond acceptors (Lipinski definition) is 5. The Morgan fingerprint density at radius 3 is 2.92 bits per heavy atom. The lowest BCUT2D eigenvalue weighted by molar-refractivity contribution is 0.0595. The van der Waals surface area contributed by atoms with E-state index in [0.717, 1.165) is 0 Å². The molecule has 1 saturated heterocycles. The van der Waals surface area contributed by atoms with Crippen LogP contribution >= 0.6 is 0 Å². The molecule has 12 heavy (non-hydrogen) atoms. The molecular weight excluding hydrogens is 160 g/mol. The number of rotatable bonds is 1. The van der Waals surface area contributed by atoms with Crippen molar-refractivity contribution in [1.82, 2.24) is 25.5 Å². The maximum absolute atomic E-state index is 11.3. The minimum atomic E-state index is -0.217. The van der Waals surface area contributed by atoms with Gasteiger partial charge in [-0.2, -0.15) is 5.21 Å². The molecule has 1 aliphatic heterocycles. The molecule has 0 unspecified atom stereocenters. The molecule has 64 valence electrons. The van der Waals surface area contributed by atoms with Crippen LogP contribution in [0.2, 0.25) is 0 Å². The second-order valence-electron chi connectivity index (χ2n) is 2.71. The van der Waals surface area contributed by atoms with Gasteiger partial charge in [0.2, 0.25) is 0 Å². The monoisotopic (exact) mass is 168 g/mol. The van der Waals surface area contributed by atoms with Gasteiger partial charge in [-0.05, 0) is 5.21 Å². The smallest absolute Gasteiger partial charge is 0.295 e. The van der Waals surface area contributed by atoms with Gasteiger partial charge >= 0.3 is 0 Å². The third-order valence-corrected chi connectivity index (χ3v) is 1.73. The second kappa shape index (κ2) is 2.52. The predicted octanol–water partition coefficient (Wildman–Crippen LogP) is -2.02. The zero-order valence-electron chi connectivity index (χ0n) is 6.27. The Morgan fingerprint density at radius 1 is 1.67 bits per heavy atom. The van der Waals surface area contributed by atoms with Gasteiger partial charge in [-0.25, -0.2) is 0 Å². The SMILES string of the molecule is NC1CN(C(=O)c2nn[nH]n2)C1. The largest absolute Gasteiger partial charge is 0.333 e. The summed E-state index contributed by atoms with van der Waals surface area (Å²) in [5.74, 6) is -0.118. The number of nitrogens with one attached hydrogen (secondary N) is 1. The van der Waals surface area contributed by atoms with Crippen molar-refractivity contribution < 1.29 is 4.79 Å². The molecule has 1 fully saturated rings. The van der Waals surface area contributed by atoms with E-state index in [4.69, 9.17) is 5.73 Å². The number of likely N-dealkylation sites (tertiary alicyclic amines) is 1. The summed E-state index contributed by atoms with van der Waals surface area (Å²) in [7, 11) is 0. The van der Waals surface area contributed by atoms with E-state index in [1.807, 2.05) is 0 Å². The Labute approximate surface area is 67.9 Å². The molecule has 1 aromatic heterocycles. The molecule has 0 atom stereocenters. The molecule has 0 radical (unpaired) electrons. The van der Waals surface area contributed by atoms with Crippen LogP contribution in [0.15, 0.2) is 0 Å². The molecule has 0 saturated carbocycles. The van der Waals surface area contributed by atoms with E-state index in [1.54, 1.807) is 4.90 Å². The van der Waals surface area contributed by atoms with E-state index >= 15 is 0 Å². The lowest BCUT2D eigenvalue weighted by Gasteiger charge is -2.35. The third-order valence-electron chi connectivity index (χ3n) is 1.73. The van der Waals surface area contributed by atoms with E-state index in [0.29, 0.717) is 13.1 Å². The number of tetrazole rings is 1. The maximum Gasteiger partial charge on any atom is 0.295 e. The first kappa shape index (κ1) is 7.17. The number of nitrogens with zero attached hydrogens (tertiary/aromatic N) is 4. The van der Waals surface area contributed by atoms with E-state index in [1.165, 1.54) is 0 Å². The first-order chi connectivity index (χ1) is 5.77. The van der Waals surface area contributed by atoms with Gasteiger partial charge in [0.15, 0.2) is 0 Å². The predicted molar refractivity (Wildman–Crippen MR) is 38.1 cm³/mol. The van der Waals surface area contributed by atoms with Crippen molar-refractivity contribution in [1.29, 1.82) is 0 Å².